The number of hydrogen-bond acceptors (Lipinski definition) is 4. The monoisotopic (exact) mass is 342 g/mol. The molecule has 6 nitrogen and oxygen atoms in total. The number of methoxy groups -OCH3 is 1. The molecule has 1 heterocycles. The molecule has 0 atom stereocenters. The van der Waals surface area contributed by atoms with Gasteiger partial charge in [-0.15, -0.1) is 0 Å². The first-order valence-electron chi connectivity index (χ1n) is 7.44. The van der Waals surface area contributed by atoms with Gasteiger partial charge in [0, 0.05) is 0 Å². The van der Waals surface area contributed by atoms with Crippen LogP contribution in [-0.4, -0.2) is 19.0 Å². The Kier molecular flexibility index (Phi) is 4.65. The van der Waals surface area contributed by atoms with Crippen LogP contribution in [0.1, 0.15) is 11.1 Å². The van der Waals surface area contributed by atoms with Gasteiger partial charge in [-0.2, -0.15) is 0 Å². The number of amides is 3. The Labute approximate surface area is 143 Å². The summed E-state index contributed by atoms with van der Waals surface area (Å²) >= 11 is 0. The molecule has 0 spiro atoms. The Hall–Kier alpha value is -3.35. The van der Waals surface area contributed by atoms with Crippen molar-refractivity contribution in [1.82, 2.24) is 10.6 Å². The Morgan fingerprint density at radius 2 is 1.80 bits per heavy atom. The van der Waals surface area contributed by atoms with Gasteiger partial charge in [0.2, 0.25) is 0 Å². The van der Waals surface area contributed by atoms with E-state index in [9.17, 15) is 14.0 Å². The van der Waals surface area contributed by atoms with E-state index in [0.717, 1.165) is 5.56 Å². The fourth-order valence-electron chi connectivity index (χ4n) is 2.28. The minimum atomic E-state index is -0.553. The van der Waals surface area contributed by atoms with Crippen molar-refractivity contribution >= 4 is 18.0 Å². The second-order valence-electron chi connectivity index (χ2n) is 5.29. The van der Waals surface area contributed by atoms with Crippen molar-refractivity contribution in [3.8, 4) is 11.5 Å². The summed E-state index contributed by atoms with van der Waals surface area (Å²) in [5.74, 6) is 0.192. The first-order valence-corrected chi connectivity index (χ1v) is 7.44. The lowest BCUT2D eigenvalue weighted by molar-refractivity contribution is -0.115. The molecule has 2 N–H and O–H groups in total. The Morgan fingerprint density at radius 3 is 2.44 bits per heavy atom. The van der Waals surface area contributed by atoms with Crippen LogP contribution in [0.25, 0.3) is 6.08 Å². The summed E-state index contributed by atoms with van der Waals surface area (Å²) in [6, 6.07) is 10.6. The molecule has 1 fully saturated rings. The van der Waals surface area contributed by atoms with Gasteiger partial charge in [-0.05, 0) is 41.5 Å². The zero-order chi connectivity index (χ0) is 17.8. The lowest BCUT2D eigenvalue weighted by atomic mass is 10.1. The van der Waals surface area contributed by atoms with E-state index in [1.807, 2.05) is 0 Å². The fraction of sp³-hybridized carbons (Fsp3) is 0.111. The predicted molar refractivity (Wildman–Crippen MR) is 88.4 cm³/mol. The predicted octanol–water partition coefficient (Wildman–Crippen LogP) is 2.59. The smallest absolute Gasteiger partial charge is 0.326 e. The van der Waals surface area contributed by atoms with E-state index in [4.69, 9.17) is 9.47 Å². The average Bonchev–Trinajstić information content (AvgIpc) is 2.92. The van der Waals surface area contributed by atoms with Crippen LogP contribution in [0.3, 0.4) is 0 Å². The fourth-order valence-corrected chi connectivity index (χ4v) is 2.28. The zero-order valence-electron chi connectivity index (χ0n) is 13.3. The van der Waals surface area contributed by atoms with Crippen LogP contribution in [0.15, 0.2) is 48.2 Å². The highest BCUT2D eigenvalue weighted by Crippen LogP contribution is 2.29. The largest absolute Gasteiger partial charge is 0.493 e. The Bertz CT molecular complexity index is 847. The van der Waals surface area contributed by atoms with Crippen molar-refractivity contribution in [1.29, 1.82) is 0 Å². The third kappa shape index (κ3) is 3.95. The van der Waals surface area contributed by atoms with Crippen LogP contribution in [-0.2, 0) is 11.4 Å². The number of hydrogen-bond donors (Lipinski definition) is 2. The summed E-state index contributed by atoms with van der Waals surface area (Å²) in [7, 11) is 1.50. The molecule has 1 aliphatic heterocycles. The number of ether oxygens (including phenoxy) is 2. The number of carbonyl (C=O) groups excluding carboxylic acids is 2. The van der Waals surface area contributed by atoms with Gasteiger partial charge in [0.05, 0.1) is 7.11 Å². The molecule has 128 valence electrons. The van der Waals surface area contributed by atoms with Crippen LogP contribution < -0.4 is 20.1 Å². The molecular formula is C18H15FN2O4. The number of halogens is 1. The molecule has 3 rings (SSSR count). The van der Waals surface area contributed by atoms with Gasteiger partial charge in [0.1, 0.15) is 18.1 Å². The maximum absolute atomic E-state index is 12.9. The topological polar surface area (TPSA) is 76.7 Å². The zero-order valence-corrected chi connectivity index (χ0v) is 13.3. The molecule has 0 unspecified atom stereocenters. The van der Waals surface area contributed by atoms with E-state index >= 15 is 0 Å². The second-order valence-corrected chi connectivity index (χ2v) is 5.29. The van der Waals surface area contributed by atoms with E-state index in [2.05, 4.69) is 10.6 Å². The highest BCUT2D eigenvalue weighted by molar-refractivity contribution is 6.14. The molecule has 0 bridgehead atoms. The molecule has 25 heavy (non-hydrogen) atoms. The van der Waals surface area contributed by atoms with Crippen LogP contribution in [0.2, 0.25) is 0 Å². The molecule has 1 saturated heterocycles. The van der Waals surface area contributed by atoms with Gasteiger partial charge >= 0.3 is 6.03 Å². The molecule has 0 aromatic heterocycles. The number of rotatable bonds is 5. The number of imide groups is 1. The van der Waals surface area contributed by atoms with Crippen molar-refractivity contribution in [3.05, 3.63) is 65.1 Å². The molecule has 2 aromatic rings. The minimum absolute atomic E-state index is 0.159. The molecule has 1 aliphatic rings. The number of urea groups is 1. The van der Waals surface area contributed by atoms with E-state index < -0.39 is 11.9 Å². The summed E-state index contributed by atoms with van der Waals surface area (Å²) < 4.78 is 23.9. The number of nitrogens with one attached hydrogen (secondary N) is 2. The van der Waals surface area contributed by atoms with E-state index in [0.29, 0.717) is 17.1 Å². The quantitative estimate of drug-likeness (QED) is 0.647. The van der Waals surface area contributed by atoms with Crippen LogP contribution >= 0.6 is 0 Å². The molecular weight excluding hydrogens is 327 g/mol. The van der Waals surface area contributed by atoms with Crippen LogP contribution in [0.5, 0.6) is 11.5 Å². The molecule has 7 heteroatoms. The van der Waals surface area contributed by atoms with E-state index in [-0.39, 0.29) is 18.1 Å². The third-order valence-corrected chi connectivity index (χ3v) is 3.53. The maximum Gasteiger partial charge on any atom is 0.326 e. The third-order valence-electron chi connectivity index (χ3n) is 3.53. The molecule has 0 aliphatic carbocycles. The summed E-state index contributed by atoms with van der Waals surface area (Å²) in [5, 5.41) is 4.54. The highest BCUT2D eigenvalue weighted by Gasteiger charge is 2.22. The van der Waals surface area contributed by atoms with Crippen LogP contribution in [0, 0.1) is 5.82 Å². The standard InChI is InChI=1S/C18H15FN2O4/c1-24-16-9-12(8-14-17(22)21-18(23)20-14)4-7-15(16)25-10-11-2-5-13(19)6-3-11/h2-9H,10H2,1H3,(H2,20,21,22,23). The average molecular weight is 342 g/mol. The van der Waals surface area contributed by atoms with Gasteiger partial charge in [0.15, 0.2) is 11.5 Å². The van der Waals surface area contributed by atoms with Crippen LogP contribution in [0.4, 0.5) is 9.18 Å². The molecule has 0 saturated carbocycles. The van der Waals surface area contributed by atoms with Crippen molar-refractivity contribution in [2.24, 2.45) is 0 Å². The summed E-state index contributed by atoms with van der Waals surface area (Å²) in [4.78, 5) is 22.7. The van der Waals surface area contributed by atoms with Gasteiger partial charge < -0.3 is 14.8 Å². The normalized spacial score (nSPS) is 15.0. The van der Waals surface area contributed by atoms with Gasteiger partial charge in [-0.3, -0.25) is 10.1 Å². The second kappa shape index (κ2) is 7.04. The maximum atomic E-state index is 12.9. The summed E-state index contributed by atoms with van der Waals surface area (Å²) in [6.07, 6.45) is 1.53. The lowest BCUT2D eigenvalue weighted by Crippen LogP contribution is -2.22. The van der Waals surface area contributed by atoms with Crippen molar-refractivity contribution < 1.29 is 23.5 Å². The van der Waals surface area contributed by atoms with Crippen molar-refractivity contribution in [2.75, 3.05) is 7.11 Å². The van der Waals surface area contributed by atoms with Crippen molar-refractivity contribution in [3.63, 3.8) is 0 Å². The SMILES string of the molecule is COc1cc(C=C2NC(=O)NC2=O)ccc1OCc1ccc(F)cc1. The van der Waals surface area contributed by atoms with E-state index in [1.54, 1.807) is 30.3 Å². The first kappa shape index (κ1) is 16.5. The number of benzene rings is 2. The minimum Gasteiger partial charge on any atom is -0.493 e. The van der Waals surface area contributed by atoms with Crippen molar-refractivity contribution in [2.45, 2.75) is 6.61 Å². The van der Waals surface area contributed by atoms with Gasteiger partial charge in [0.25, 0.3) is 5.91 Å². The number of carbonyl (C=O) groups is 2. The summed E-state index contributed by atoms with van der Waals surface area (Å²) in [5.41, 5.74) is 1.64. The van der Waals surface area contributed by atoms with Gasteiger partial charge in [-0.25, -0.2) is 9.18 Å². The Balaban J connectivity index is 1.75. The first-order chi connectivity index (χ1) is 12.0. The molecule has 3 amide bonds. The van der Waals surface area contributed by atoms with Gasteiger partial charge in [-0.1, -0.05) is 18.2 Å². The summed E-state index contributed by atoms with van der Waals surface area (Å²) in [6.45, 7) is 0.259. The molecule has 2 aromatic carbocycles. The highest BCUT2D eigenvalue weighted by atomic mass is 19.1. The molecule has 0 radical (unpaired) electrons. The lowest BCUT2D eigenvalue weighted by Gasteiger charge is -2.11. The van der Waals surface area contributed by atoms with E-state index in [1.165, 1.54) is 25.3 Å². The Morgan fingerprint density at radius 1 is 1.04 bits per heavy atom.